The second-order valence-electron chi connectivity index (χ2n) is 7.93. The molecule has 1 fully saturated rings. The molecule has 2 aromatic rings. The second-order valence-corrected chi connectivity index (χ2v) is 7.93. The molecular weight excluding hydrogens is 340 g/mol. The Labute approximate surface area is 151 Å². The van der Waals surface area contributed by atoms with Crippen molar-refractivity contribution in [2.45, 2.75) is 64.5 Å². The molecule has 0 radical (unpaired) electrons. The first-order valence-corrected chi connectivity index (χ1v) is 9.00. The molecule has 1 amide bonds. The summed E-state index contributed by atoms with van der Waals surface area (Å²) in [7, 11) is 0. The number of aromatic nitrogens is 2. The standard InChI is InChI=1S/C19H25F2N3O2/c1-11(17-22-14-9-12(20)13(21)10-15(14)23-17)16-7-5-6-8-24(16)18(25)26-19(2,3)4/h9-11,16H,5-8H2,1-4H3,(H,22,23). The molecule has 1 saturated heterocycles. The Morgan fingerprint density at radius 1 is 1.31 bits per heavy atom. The summed E-state index contributed by atoms with van der Waals surface area (Å²) in [5.41, 5.74) is 0.271. The van der Waals surface area contributed by atoms with E-state index in [2.05, 4.69) is 9.97 Å². The third-order valence-corrected chi connectivity index (χ3v) is 4.73. The molecule has 7 heteroatoms. The minimum absolute atomic E-state index is 0.0751. The van der Waals surface area contributed by atoms with Gasteiger partial charge in [-0.25, -0.2) is 18.6 Å². The Kier molecular flexibility index (Phi) is 4.90. The molecule has 0 spiro atoms. The van der Waals surface area contributed by atoms with Gasteiger partial charge in [-0.3, -0.25) is 0 Å². The van der Waals surface area contributed by atoms with Crippen LogP contribution in [0.5, 0.6) is 0 Å². The minimum atomic E-state index is -0.920. The van der Waals surface area contributed by atoms with Crippen LogP contribution in [0.4, 0.5) is 13.6 Å². The van der Waals surface area contributed by atoms with Gasteiger partial charge in [0.2, 0.25) is 0 Å². The molecule has 26 heavy (non-hydrogen) atoms. The van der Waals surface area contributed by atoms with Gasteiger partial charge in [-0.1, -0.05) is 6.92 Å². The Bertz CT molecular complexity index is 774. The summed E-state index contributed by atoms with van der Waals surface area (Å²) < 4.78 is 32.4. The van der Waals surface area contributed by atoms with Crippen LogP contribution in [0.3, 0.4) is 0 Å². The van der Waals surface area contributed by atoms with Crippen molar-refractivity contribution >= 4 is 17.1 Å². The van der Waals surface area contributed by atoms with E-state index in [1.807, 2.05) is 27.7 Å². The van der Waals surface area contributed by atoms with Crippen LogP contribution in [-0.2, 0) is 4.74 Å². The summed E-state index contributed by atoms with van der Waals surface area (Å²) in [6.45, 7) is 8.13. The lowest BCUT2D eigenvalue weighted by Crippen LogP contribution is -2.48. The van der Waals surface area contributed by atoms with Gasteiger partial charge in [-0.2, -0.15) is 0 Å². The van der Waals surface area contributed by atoms with Gasteiger partial charge in [-0.15, -0.1) is 0 Å². The van der Waals surface area contributed by atoms with Crippen LogP contribution in [0.2, 0.25) is 0 Å². The Morgan fingerprint density at radius 2 is 2.00 bits per heavy atom. The smallest absolute Gasteiger partial charge is 0.410 e. The lowest BCUT2D eigenvalue weighted by Gasteiger charge is -2.39. The number of carbonyl (C=O) groups excluding carboxylic acids is 1. The number of aromatic amines is 1. The maximum atomic E-state index is 13.4. The van der Waals surface area contributed by atoms with Crippen molar-refractivity contribution < 1.29 is 18.3 Å². The van der Waals surface area contributed by atoms with Crippen LogP contribution < -0.4 is 0 Å². The molecule has 142 valence electrons. The predicted octanol–water partition coefficient (Wildman–Crippen LogP) is 4.73. The van der Waals surface area contributed by atoms with E-state index in [0.717, 1.165) is 31.4 Å². The van der Waals surface area contributed by atoms with Crippen LogP contribution in [0.1, 0.15) is 58.7 Å². The van der Waals surface area contributed by atoms with E-state index in [9.17, 15) is 13.6 Å². The van der Waals surface area contributed by atoms with Gasteiger partial charge in [-0.05, 0) is 40.0 Å². The summed E-state index contributed by atoms with van der Waals surface area (Å²) in [6, 6.07) is 2.12. The molecule has 0 bridgehead atoms. The molecule has 0 saturated carbocycles. The number of hydrogen-bond acceptors (Lipinski definition) is 3. The number of carbonyl (C=O) groups is 1. The monoisotopic (exact) mass is 365 g/mol. The zero-order valence-corrected chi connectivity index (χ0v) is 15.6. The topological polar surface area (TPSA) is 58.2 Å². The first kappa shape index (κ1) is 18.6. The third kappa shape index (κ3) is 3.81. The molecule has 1 aromatic heterocycles. The van der Waals surface area contributed by atoms with E-state index in [4.69, 9.17) is 4.74 Å². The SMILES string of the molecule is CC(c1nc2cc(F)c(F)cc2[nH]1)C1CCCCN1C(=O)OC(C)(C)C. The number of rotatable bonds is 2. The van der Waals surface area contributed by atoms with Gasteiger partial charge >= 0.3 is 6.09 Å². The van der Waals surface area contributed by atoms with E-state index in [1.165, 1.54) is 0 Å². The number of likely N-dealkylation sites (tertiary alicyclic amines) is 1. The van der Waals surface area contributed by atoms with E-state index in [1.54, 1.807) is 4.90 Å². The lowest BCUT2D eigenvalue weighted by molar-refractivity contribution is 0.00673. The summed E-state index contributed by atoms with van der Waals surface area (Å²) in [4.78, 5) is 21.8. The molecule has 1 N–H and O–H groups in total. The number of ether oxygens (including phenoxy) is 1. The maximum Gasteiger partial charge on any atom is 0.410 e. The number of H-pyrrole nitrogens is 1. The van der Waals surface area contributed by atoms with Gasteiger partial charge in [0.05, 0.1) is 11.0 Å². The van der Waals surface area contributed by atoms with Gasteiger partial charge in [0.15, 0.2) is 11.6 Å². The molecule has 2 unspecified atom stereocenters. The van der Waals surface area contributed by atoms with Crippen LogP contribution in [0.15, 0.2) is 12.1 Å². The molecule has 1 aromatic carbocycles. The highest BCUT2D eigenvalue weighted by Gasteiger charge is 2.35. The normalized spacial score (nSPS) is 19.6. The van der Waals surface area contributed by atoms with Crippen LogP contribution in [0.25, 0.3) is 11.0 Å². The molecule has 5 nitrogen and oxygen atoms in total. The fraction of sp³-hybridized carbons (Fsp3) is 0.579. The number of fused-ring (bicyclic) bond motifs is 1. The number of benzene rings is 1. The van der Waals surface area contributed by atoms with Crippen molar-refractivity contribution in [1.29, 1.82) is 0 Å². The fourth-order valence-corrected chi connectivity index (χ4v) is 3.45. The van der Waals surface area contributed by atoms with E-state index < -0.39 is 17.2 Å². The molecule has 2 heterocycles. The van der Waals surface area contributed by atoms with Crippen molar-refractivity contribution in [2.24, 2.45) is 0 Å². The number of nitrogens with zero attached hydrogens (tertiary/aromatic N) is 2. The van der Waals surface area contributed by atoms with Gasteiger partial charge in [0.25, 0.3) is 0 Å². The number of nitrogens with one attached hydrogen (secondary N) is 1. The first-order valence-electron chi connectivity index (χ1n) is 9.00. The molecule has 1 aliphatic rings. The molecule has 0 aliphatic carbocycles. The van der Waals surface area contributed by atoms with Crippen molar-refractivity contribution in [2.75, 3.05) is 6.54 Å². The fourth-order valence-electron chi connectivity index (χ4n) is 3.45. The number of amides is 1. The average Bonchev–Trinajstić information content (AvgIpc) is 2.95. The molecular formula is C19H25F2N3O2. The highest BCUT2D eigenvalue weighted by molar-refractivity contribution is 5.75. The average molecular weight is 365 g/mol. The molecule has 2 atom stereocenters. The van der Waals surface area contributed by atoms with Crippen LogP contribution in [-0.4, -0.2) is 39.1 Å². The number of hydrogen-bond donors (Lipinski definition) is 1. The number of imidazole rings is 1. The summed E-state index contributed by atoms with van der Waals surface area (Å²) >= 11 is 0. The Hall–Kier alpha value is -2.18. The largest absolute Gasteiger partial charge is 0.444 e. The summed E-state index contributed by atoms with van der Waals surface area (Å²) in [6.07, 6.45) is 2.44. The summed E-state index contributed by atoms with van der Waals surface area (Å²) in [5.74, 6) is -1.32. The van der Waals surface area contributed by atoms with Crippen molar-refractivity contribution in [3.8, 4) is 0 Å². The zero-order chi connectivity index (χ0) is 19.1. The van der Waals surface area contributed by atoms with Crippen molar-refractivity contribution in [1.82, 2.24) is 14.9 Å². The van der Waals surface area contributed by atoms with Crippen LogP contribution in [0, 0.1) is 11.6 Å². The van der Waals surface area contributed by atoms with Gasteiger partial charge < -0.3 is 14.6 Å². The van der Waals surface area contributed by atoms with Gasteiger partial charge in [0, 0.05) is 30.6 Å². The van der Waals surface area contributed by atoms with E-state index in [-0.39, 0.29) is 18.1 Å². The first-order chi connectivity index (χ1) is 12.2. The van der Waals surface area contributed by atoms with E-state index in [0.29, 0.717) is 23.4 Å². The second kappa shape index (κ2) is 6.85. The Morgan fingerprint density at radius 3 is 2.69 bits per heavy atom. The Balaban J connectivity index is 1.86. The molecule has 3 rings (SSSR count). The van der Waals surface area contributed by atoms with Crippen LogP contribution >= 0.6 is 0 Å². The zero-order valence-electron chi connectivity index (χ0n) is 15.6. The number of halogens is 2. The number of piperidine rings is 1. The quantitative estimate of drug-likeness (QED) is 0.837. The highest BCUT2D eigenvalue weighted by Crippen LogP contribution is 2.31. The maximum absolute atomic E-state index is 13.4. The predicted molar refractivity (Wildman–Crippen MR) is 95.0 cm³/mol. The van der Waals surface area contributed by atoms with Crippen molar-refractivity contribution in [3.63, 3.8) is 0 Å². The lowest BCUT2D eigenvalue weighted by atomic mass is 9.91. The third-order valence-electron chi connectivity index (χ3n) is 4.73. The minimum Gasteiger partial charge on any atom is -0.444 e. The van der Waals surface area contributed by atoms with E-state index >= 15 is 0 Å². The molecule has 1 aliphatic heterocycles. The van der Waals surface area contributed by atoms with Crippen molar-refractivity contribution in [3.05, 3.63) is 29.6 Å². The van der Waals surface area contributed by atoms with Gasteiger partial charge in [0.1, 0.15) is 11.4 Å². The highest BCUT2D eigenvalue weighted by atomic mass is 19.2. The summed E-state index contributed by atoms with van der Waals surface area (Å²) in [5, 5.41) is 0.